The summed E-state index contributed by atoms with van der Waals surface area (Å²) in [6.07, 6.45) is 0.576. The summed E-state index contributed by atoms with van der Waals surface area (Å²) in [5.41, 5.74) is -3.20. The van der Waals surface area contributed by atoms with Crippen LogP contribution in [-0.4, -0.2) is 0 Å². The fourth-order valence-electron chi connectivity index (χ4n) is 1.09. The maximum absolute atomic E-state index is 13.4. The van der Waals surface area contributed by atoms with Crippen LogP contribution >= 0.6 is 0 Å². The van der Waals surface area contributed by atoms with E-state index in [0.717, 1.165) is 6.07 Å². The highest BCUT2D eigenvalue weighted by atomic mass is 19.2. The lowest BCUT2D eigenvalue weighted by molar-refractivity contribution is 0.455. The van der Waals surface area contributed by atoms with Gasteiger partial charge in [0.25, 0.3) is 0 Å². The van der Waals surface area contributed by atoms with Gasteiger partial charge in [-0.3, -0.25) is 0 Å². The molecule has 0 unspecified atom stereocenters. The fourth-order valence-corrected chi connectivity index (χ4v) is 1.09. The van der Waals surface area contributed by atoms with E-state index in [1.54, 1.807) is 5.32 Å². The second-order valence-corrected chi connectivity index (χ2v) is 3.04. The van der Waals surface area contributed by atoms with Crippen LogP contribution in [0, 0.1) is 57.3 Å². The highest BCUT2D eigenvalue weighted by Crippen LogP contribution is 2.27. The molecule has 0 aromatic heterocycles. The maximum atomic E-state index is 13.4. The molecule has 0 saturated heterocycles. The van der Waals surface area contributed by atoms with Crippen molar-refractivity contribution in [2.75, 3.05) is 5.32 Å². The third-order valence-corrected chi connectivity index (χ3v) is 1.98. The summed E-state index contributed by atoms with van der Waals surface area (Å²) in [4.78, 5) is 0. The topological polar surface area (TPSA) is 83.4 Å². The summed E-state index contributed by atoms with van der Waals surface area (Å²) in [5.74, 6) is -7.40. The zero-order valence-corrected chi connectivity index (χ0v) is 8.93. The highest BCUT2D eigenvalue weighted by molar-refractivity contribution is 5.55. The summed E-state index contributed by atoms with van der Waals surface area (Å²) in [5, 5.41) is 26.9. The maximum Gasteiger partial charge on any atom is 0.186 e. The van der Waals surface area contributed by atoms with Crippen molar-refractivity contribution in [1.82, 2.24) is 0 Å². The molecule has 0 atom stereocenters. The van der Waals surface area contributed by atoms with E-state index in [2.05, 4.69) is 0 Å². The minimum Gasteiger partial charge on any atom is -0.355 e. The third kappa shape index (κ3) is 2.46. The average Bonchev–Trinajstić information content (AvgIpc) is 2.41. The molecule has 1 aromatic carbocycles. The van der Waals surface area contributed by atoms with Crippen molar-refractivity contribution < 1.29 is 17.6 Å². The molecule has 0 fully saturated rings. The summed E-state index contributed by atoms with van der Waals surface area (Å²) in [6, 6.07) is 3.71. The molecule has 94 valence electrons. The van der Waals surface area contributed by atoms with Crippen LogP contribution in [0.1, 0.15) is 5.56 Å². The molecule has 8 heteroatoms. The number of nitrogens with one attached hydrogen (secondary N) is 1. The molecule has 0 aliphatic rings. The normalized spacial score (nSPS) is 8.89. The van der Waals surface area contributed by atoms with Crippen molar-refractivity contribution in [3.05, 3.63) is 40.6 Å². The predicted molar refractivity (Wildman–Crippen MR) is 53.9 cm³/mol. The number of hydrogen-bond donors (Lipinski definition) is 1. The third-order valence-electron chi connectivity index (χ3n) is 1.98. The van der Waals surface area contributed by atoms with Crippen molar-refractivity contribution >= 4 is 5.69 Å². The van der Waals surface area contributed by atoms with Gasteiger partial charge in [0.2, 0.25) is 0 Å². The van der Waals surface area contributed by atoms with Crippen molar-refractivity contribution in [3.8, 4) is 18.2 Å². The van der Waals surface area contributed by atoms with Crippen LogP contribution < -0.4 is 5.32 Å². The Bertz CT molecular complexity index is 644. The molecule has 0 radical (unpaired) electrons. The lowest BCUT2D eigenvalue weighted by atomic mass is 10.1. The van der Waals surface area contributed by atoms with Crippen LogP contribution in [0.5, 0.6) is 0 Å². The number of nitrogens with zero attached hydrogens (tertiary/aromatic N) is 3. The number of rotatable bonds is 2. The second-order valence-electron chi connectivity index (χ2n) is 3.04. The highest BCUT2D eigenvalue weighted by Gasteiger charge is 2.25. The van der Waals surface area contributed by atoms with E-state index in [1.807, 2.05) is 0 Å². The number of benzene rings is 1. The molecule has 4 nitrogen and oxygen atoms in total. The van der Waals surface area contributed by atoms with Crippen molar-refractivity contribution in [2.24, 2.45) is 0 Å². The standard InChI is InChI=1S/C11H2F4N4/c12-7-6(3-18)8(13)10(15)11(9(7)14)19-4-5(1-16)2-17/h4,19H. The molecule has 0 spiro atoms. The molecule has 1 N–H and O–H groups in total. The average molecular weight is 266 g/mol. The molecule has 0 aliphatic heterocycles. The van der Waals surface area contributed by atoms with Gasteiger partial charge in [-0.2, -0.15) is 15.8 Å². The molecule has 1 aromatic rings. The van der Waals surface area contributed by atoms with E-state index < -0.39 is 40.1 Å². The van der Waals surface area contributed by atoms with E-state index in [-0.39, 0.29) is 0 Å². The Balaban J connectivity index is 3.42. The molecule has 0 heterocycles. The monoisotopic (exact) mass is 266 g/mol. The Labute approximate surface area is 104 Å². The lowest BCUT2D eigenvalue weighted by Crippen LogP contribution is -2.06. The molecule has 1 rings (SSSR count). The summed E-state index contributed by atoms with van der Waals surface area (Å²) in [7, 11) is 0. The first kappa shape index (κ1) is 14.0. The van der Waals surface area contributed by atoms with Crippen molar-refractivity contribution in [1.29, 1.82) is 15.8 Å². The predicted octanol–water partition coefficient (Wildman–Crippen LogP) is 2.46. The first-order valence-electron chi connectivity index (χ1n) is 4.50. The Morgan fingerprint density at radius 1 is 0.895 bits per heavy atom. The van der Waals surface area contributed by atoms with Gasteiger partial charge in [0.05, 0.1) is 0 Å². The molecule has 0 bridgehead atoms. The van der Waals surface area contributed by atoms with E-state index in [0.29, 0.717) is 6.20 Å². The van der Waals surface area contributed by atoms with Gasteiger partial charge in [0, 0.05) is 6.20 Å². The molecular formula is C11H2F4N4. The number of halogens is 4. The Morgan fingerprint density at radius 3 is 1.74 bits per heavy atom. The van der Waals surface area contributed by atoms with Crippen LogP contribution in [0.15, 0.2) is 11.8 Å². The molecule has 0 aliphatic carbocycles. The smallest absolute Gasteiger partial charge is 0.186 e. The van der Waals surface area contributed by atoms with Crippen LogP contribution in [0.25, 0.3) is 0 Å². The first-order valence-corrected chi connectivity index (χ1v) is 4.50. The fraction of sp³-hybridized carbons (Fsp3) is 0. The number of hydrogen-bond acceptors (Lipinski definition) is 4. The van der Waals surface area contributed by atoms with Gasteiger partial charge in [-0.1, -0.05) is 0 Å². The van der Waals surface area contributed by atoms with Gasteiger partial charge in [-0.15, -0.1) is 0 Å². The van der Waals surface area contributed by atoms with Crippen molar-refractivity contribution in [2.45, 2.75) is 0 Å². The largest absolute Gasteiger partial charge is 0.355 e. The van der Waals surface area contributed by atoms with Crippen LogP contribution in [-0.2, 0) is 0 Å². The molecule has 0 amide bonds. The zero-order chi connectivity index (χ0) is 14.6. The van der Waals surface area contributed by atoms with E-state index >= 15 is 0 Å². The Hall–Kier alpha value is -3.05. The number of anilines is 1. The van der Waals surface area contributed by atoms with Crippen molar-refractivity contribution in [3.63, 3.8) is 0 Å². The van der Waals surface area contributed by atoms with E-state index in [9.17, 15) is 17.6 Å². The summed E-state index contributed by atoms with van der Waals surface area (Å²) >= 11 is 0. The van der Waals surface area contributed by atoms with Crippen LogP contribution in [0.2, 0.25) is 0 Å². The number of allylic oxidation sites excluding steroid dienone is 1. The van der Waals surface area contributed by atoms with Gasteiger partial charge >= 0.3 is 0 Å². The molecule has 19 heavy (non-hydrogen) atoms. The Kier molecular flexibility index (Phi) is 4.07. The first-order chi connectivity index (χ1) is 8.97. The van der Waals surface area contributed by atoms with Gasteiger partial charge in [-0.25, -0.2) is 17.6 Å². The summed E-state index contributed by atoms with van der Waals surface area (Å²) in [6.45, 7) is 0. The van der Waals surface area contributed by atoms with Gasteiger partial charge in [0.1, 0.15) is 35.0 Å². The lowest BCUT2D eigenvalue weighted by Gasteiger charge is -2.07. The SMILES string of the molecule is N#CC(C#N)=CNc1c(F)c(F)c(C#N)c(F)c1F. The molecule has 0 saturated carbocycles. The van der Waals surface area contributed by atoms with Gasteiger partial charge < -0.3 is 5.32 Å². The Morgan fingerprint density at radius 2 is 1.37 bits per heavy atom. The van der Waals surface area contributed by atoms with Gasteiger partial charge in [-0.05, 0) is 0 Å². The van der Waals surface area contributed by atoms with E-state index in [1.165, 1.54) is 12.1 Å². The minimum atomic E-state index is -1.87. The quantitative estimate of drug-likeness (QED) is 0.506. The summed E-state index contributed by atoms with van der Waals surface area (Å²) < 4.78 is 53.1. The van der Waals surface area contributed by atoms with Crippen LogP contribution in [0.4, 0.5) is 23.2 Å². The zero-order valence-electron chi connectivity index (χ0n) is 8.93. The number of nitriles is 3. The molecular weight excluding hydrogens is 264 g/mol. The van der Waals surface area contributed by atoms with Gasteiger partial charge in [0.15, 0.2) is 23.3 Å². The van der Waals surface area contributed by atoms with E-state index in [4.69, 9.17) is 15.8 Å². The second kappa shape index (κ2) is 5.52. The van der Waals surface area contributed by atoms with Crippen LogP contribution in [0.3, 0.4) is 0 Å². The minimum absolute atomic E-state index is 0.566.